The van der Waals surface area contributed by atoms with Crippen LogP contribution in [0, 0.1) is 22.0 Å². The van der Waals surface area contributed by atoms with Crippen LogP contribution in [-0.4, -0.2) is 9.49 Å². The minimum atomic E-state index is -0.333. The molecule has 0 saturated heterocycles. The van der Waals surface area contributed by atoms with E-state index in [9.17, 15) is 10.1 Å². The molecular weight excluding hydrogens is 382 g/mol. The summed E-state index contributed by atoms with van der Waals surface area (Å²) in [6.45, 7) is 4.65. The zero-order chi connectivity index (χ0) is 20.4. The van der Waals surface area contributed by atoms with E-state index in [2.05, 4.69) is 23.8 Å². The van der Waals surface area contributed by atoms with Crippen LogP contribution >= 0.6 is 11.3 Å². The molecule has 1 aromatic heterocycles. The first-order valence-corrected chi connectivity index (χ1v) is 11.0. The summed E-state index contributed by atoms with van der Waals surface area (Å²) in [5, 5.41) is 13.4. The number of para-hydroxylation sites is 1. The van der Waals surface area contributed by atoms with Crippen molar-refractivity contribution < 1.29 is 4.92 Å². The number of nitro benzene ring substituents is 1. The minimum absolute atomic E-state index is 0.117. The van der Waals surface area contributed by atoms with Gasteiger partial charge in [0, 0.05) is 29.1 Å². The molecule has 3 unspecified atom stereocenters. The predicted molar refractivity (Wildman–Crippen MR) is 117 cm³/mol. The van der Waals surface area contributed by atoms with Crippen LogP contribution in [0.3, 0.4) is 0 Å². The molecule has 0 amide bonds. The van der Waals surface area contributed by atoms with Gasteiger partial charge in [-0.25, -0.2) is 4.99 Å². The highest BCUT2D eigenvalue weighted by molar-refractivity contribution is 7.07. The largest absolute Gasteiger partial charge is 0.313 e. The number of nitrogens with zero attached hydrogens (tertiary/aromatic N) is 3. The molecule has 0 aliphatic heterocycles. The Morgan fingerprint density at radius 2 is 1.90 bits per heavy atom. The quantitative estimate of drug-likeness (QED) is 0.373. The summed E-state index contributed by atoms with van der Waals surface area (Å²) in [5.41, 5.74) is 2.92. The summed E-state index contributed by atoms with van der Waals surface area (Å²) in [5.74, 6) is 1.16. The van der Waals surface area contributed by atoms with Crippen LogP contribution in [0.2, 0.25) is 0 Å². The highest BCUT2D eigenvalue weighted by Gasteiger charge is 2.30. The molecular formula is C23H25N3O2S. The van der Waals surface area contributed by atoms with Crippen molar-refractivity contribution in [2.75, 3.05) is 0 Å². The van der Waals surface area contributed by atoms with Crippen LogP contribution in [0.1, 0.15) is 39.2 Å². The highest BCUT2D eigenvalue weighted by atomic mass is 32.1. The fourth-order valence-electron chi connectivity index (χ4n) is 4.24. The van der Waals surface area contributed by atoms with Gasteiger partial charge in [-0.05, 0) is 30.4 Å². The maximum atomic E-state index is 11.3. The fourth-order valence-corrected chi connectivity index (χ4v) is 5.22. The smallest absolute Gasteiger partial charge is 0.270 e. The summed E-state index contributed by atoms with van der Waals surface area (Å²) in [4.78, 5) is 16.8. The molecule has 0 N–H and O–H groups in total. The Balaban J connectivity index is 1.89. The van der Waals surface area contributed by atoms with Crippen molar-refractivity contribution in [3.05, 3.63) is 74.9 Å². The van der Waals surface area contributed by atoms with Gasteiger partial charge in [-0.1, -0.05) is 57.0 Å². The standard InChI is InChI=1S/C23H25N3O2S/c1-16-8-6-13-21(17(16)2)25-22(18-9-7-12-20(14-18)26(27)28)15-29-23(25)24-19-10-4-3-5-11-19/h3-5,7,9-12,14-17,21H,6,8,13H2,1-2H3. The van der Waals surface area contributed by atoms with Crippen LogP contribution < -0.4 is 4.80 Å². The second-order valence-corrected chi connectivity index (χ2v) is 8.70. The number of hydrogen-bond acceptors (Lipinski definition) is 4. The van der Waals surface area contributed by atoms with E-state index in [1.54, 1.807) is 29.5 Å². The van der Waals surface area contributed by atoms with Crippen molar-refractivity contribution in [2.45, 2.75) is 39.2 Å². The Labute approximate surface area is 174 Å². The SMILES string of the molecule is CC1CCCC(n2c(-c3cccc([N+](=O)[O-])c3)csc2=Nc2ccccc2)C1C. The lowest BCUT2D eigenvalue weighted by Crippen LogP contribution is -2.32. The number of benzene rings is 2. The van der Waals surface area contributed by atoms with E-state index in [1.807, 2.05) is 36.4 Å². The number of aromatic nitrogens is 1. The van der Waals surface area contributed by atoms with E-state index in [-0.39, 0.29) is 10.6 Å². The van der Waals surface area contributed by atoms with Crippen LogP contribution in [0.25, 0.3) is 11.3 Å². The van der Waals surface area contributed by atoms with E-state index >= 15 is 0 Å². The van der Waals surface area contributed by atoms with Gasteiger partial charge in [-0.15, -0.1) is 11.3 Å². The van der Waals surface area contributed by atoms with Gasteiger partial charge in [0.2, 0.25) is 0 Å². The molecule has 1 saturated carbocycles. The average molecular weight is 408 g/mol. The number of rotatable bonds is 4. The van der Waals surface area contributed by atoms with Crippen LogP contribution in [0.4, 0.5) is 11.4 Å². The first-order valence-electron chi connectivity index (χ1n) is 10.1. The first-order chi connectivity index (χ1) is 14.0. The van der Waals surface area contributed by atoms with Crippen molar-refractivity contribution in [3.8, 4) is 11.3 Å². The van der Waals surface area contributed by atoms with E-state index in [4.69, 9.17) is 4.99 Å². The number of nitro groups is 1. The molecule has 1 aliphatic rings. The van der Waals surface area contributed by atoms with Gasteiger partial charge in [0.15, 0.2) is 4.80 Å². The van der Waals surface area contributed by atoms with Gasteiger partial charge in [-0.2, -0.15) is 0 Å². The molecule has 3 atom stereocenters. The molecule has 1 fully saturated rings. The lowest BCUT2D eigenvalue weighted by Gasteiger charge is -2.36. The Bertz CT molecular complexity index is 1070. The third-order valence-corrected chi connectivity index (χ3v) is 6.91. The van der Waals surface area contributed by atoms with Crippen LogP contribution in [0.15, 0.2) is 65.0 Å². The molecule has 3 aromatic rings. The molecule has 5 nitrogen and oxygen atoms in total. The first kappa shape index (κ1) is 19.6. The Morgan fingerprint density at radius 1 is 1.10 bits per heavy atom. The molecule has 150 valence electrons. The number of hydrogen-bond donors (Lipinski definition) is 0. The van der Waals surface area contributed by atoms with E-state index in [0.717, 1.165) is 28.2 Å². The normalized spacial score (nSPS) is 22.6. The van der Waals surface area contributed by atoms with Crippen molar-refractivity contribution in [3.63, 3.8) is 0 Å². The average Bonchev–Trinajstić information content (AvgIpc) is 3.14. The summed E-state index contributed by atoms with van der Waals surface area (Å²) < 4.78 is 2.33. The van der Waals surface area contributed by atoms with E-state index in [0.29, 0.717) is 17.9 Å². The zero-order valence-corrected chi connectivity index (χ0v) is 17.5. The number of thiazole rings is 1. The summed E-state index contributed by atoms with van der Waals surface area (Å²) in [7, 11) is 0. The van der Waals surface area contributed by atoms with Gasteiger partial charge < -0.3 is 4.57 Å². The van der Waals surface area contributed by atoms with Gasteiger partial charge >= 0.3 is 0 Å². The topological polar surface area (TPSA) is 60.4 Å². The minimum Gasteiger partial charge on any atom is -0.313 e. The second kappa shape index (κ2) is 8.33. The van der Waals surface area contributed by atoms with Crippen LogP contribution in [-0.2, 0) is 0 Å². The molecule has 1 heterocycles. The molecule has 6 heteroatoms. The van der Waals surface area contributed by atoms with Crippen molar-refractivity contribution in [1.82, 2.24) is 4.57 Å². The summed E-state index contributed by atoms with van der Waals surface area (Å²) in [6.07, 6.45) is 3.55. The Hall–Kier alpha value is -2.73. The van der Waals surface area contributed by atoms with Gasteiger partial charge in [0.25, 0.3) is 5.69 Å². The third kappa shape index (κ3) is 4.03. The zero-order valence-electron chi connectivity index (χ0n) is 16.7. The predicted octanol–water partition coefficient (Wildman–Crippen LogP) is 6.35. The highest BCUT2D eigenvalue weighted by Crippen LogP contribution is 2.40. The second-order valence-electron chi connectivity index (χ2n) is 7.86. The molecule has 2 aromatic carbocycles. The summed E-state index contributed by atoms with van der Waals surface area (Å²) in [6, 6.07) is 17.2. The molecule has 1 aliphatic carbocycles. The Kier molecular flexibility index (Phi) is 5.62. The lowest BCUT2D eigenvalue weighted by atomic mass is 9.78. The van der Waals surface area contributed by atoms with Crippen molar-refractivity contribution in [2.24, 2.45) is 16.8 Å². The number of non-ortho nitro benzene ring substituents is 1. The maximum absolute atomic E-state index is 11.3. The van der Waals surface area contributed by atoms with Gasteiger partial charge in [0.05, 0.1) is 16.3 Å². The molecule has 0 bridgehead atoms. The van der Waals surface area contributed by atoms with Crippen LogP contribution in [0.5, 0.6) is 0 Å². The molecule has 4 rings (SSSR count). The van der Waals surface area contributed by atoms with Crippen molar-refractivity contribution >= 4 is 22.7 Å². The third-order valence-electron chi connectivity index (χ3n) is 6.07. The van der Waals surface area contributed by atoms with E-state index in [1.165, 1.54) is 12.8 Å². The molecule has 0 spiro atoms. The molecule has 0 radical (unpaired) electrons. The monoisotopic (exact) mass is 407 g/mol. The summed E-state index contributed by atoms with van der Waals surface area (Å²) >= 11 is 1.60. The fraction of sp³-hybridized carbons (Fsp3) is 0.348. The maximum Gasteiger partial charge on any atom is 0.270 e. The van der Waals surface area contributed by atoms with Crippen molar-refractivity contribution in [1.29, 1.82) is 0 Å². The van der Waals surface area contributed by atoms with E-state index < -0.39 is 0 Å². The Morgan fingerprint density at radius 3 is 2.66 bits per heavy atom. The van der Waals surface area contributed by atoms with Gasteiger partial charge in [0.1, 0.15) is 0 Å². The lowest BCUT2D eigenvalue weighted by molar-refractivity contribution is -0.384. The van der Waals surface area contributed by atoms with Gasteiger partial charge in [-0.3, -0.25) is 10.1 Å². The molecule has 29 heavy (non-hydrogen) atoms.